The van der Waals surface area contributed by atoms with E-state index < -0.39 is 36.0 Å². The van der Waals surface area contributed by atoms with E-state index in [1.54, 1.807) is 40.9 Å². The Hall–Kier alpha value is -7.05. The van der Waals surface area contributed by atoms with Crippen LogP contribution in [0, 0.1) is 18.2 Å². The third-order valence-corrected chi connectivity index (χ3v) is 24.2. The molecule has 0 aliphatic carbocycles. The van der Waals surface area contributed by atoms with Gasteiger partial charge in [0, 0.05) is 30.7 Å². The molecular weight excluding hydrogens is 1320 g/mol. The predicted octanol–water partition coefficient (Wildman–Crippen LogP) is 21.3. The second-order valence-corrected chi connectivity index (χ2v) is 42.8. The van der Waals surface area contributed by atoms with E-state index in [0.29, 0.717) is 5.56 Å². The molecule has 0 N–H and O–H groups in total. The Labute approximate surface area is 550 Å². The van der Waals surface area contributed by atoms with Crippen LogP contribution in [-0.2, 0) is 20.1 Å². The van der Waals surface area contributed by atoms with Crippen LogP contribution in [0.15, 0.2) is 213 Å². The summed E-state index contributed by atoms with van der Waals surface area (Å²) in [5.41, 5.74) is 12.9. The van der Waals surface area contributed by atoms with Crippen molar-refractivity contribution in [1.29, 1.82) is 0 Å². The molecule has 0 fully saturated rings. The first kappa shape index (κ1) is 54.1. The van der Waals surface area contributed by atoms with Gasteiger partial charge in [0.05, 0.1) is 31.1 Å². The first-order valence-electron chi connectivity index (χ1n) is 32.8. The standard InChI is InChI=1S/2C29H28NSSi.C20H20NSi.Ir/c2*1-19(2)21-15-16-30-27(17-21)26-8-6-7-25-24-14-11-22(18-28(24)31-29(25)26)20-9-12-23(13-10-20)32(3,4)5;1-22(2,3)19-12-13-20(21-15-19)18-11-7-10-17(14-18)16-8-5-4-6-9-16;/h2*6-7,9-19H,1-5H3;4-10,12-15H,1-3H3;/q3*-1;+3/i2*19D;4D,5D,6D,8D,9D;. The third kappa shape index (κ3) is 14.3. The molecule has 0 spiro atoms. The molecule has 13 aromatic rings. The molecule has 87 heavy (non-hydrogen) atoms. The van der Waals surface area contributed by atoms with E-state index in [1.807, 2.05) is 88.8 Å². The van der Waals surface area contributed by atoms with Crippen LogP contribution >= 0.6 is 22.7 Å². The molecule has 0 radical (unpaired) electrons. The van der Waals surface area contributed by atoms with Gasteiger partial charge in [-0.1, -0.05) is 246 Å². The van der Waals surface area contributed by atoms with Crippen molar-refractivity contribution in [3.8, 4) is 67.2 Å². The predicted molar refractivity (Wildman–Crippen MR) is 385 cm³/mol. The fourth-order valence-electron chi connectivity index (χ4n) is 10.5. The van der Waals surface area contributed by atoms with Crippen LogP contribution in [0.2, 0.25) is 58.9 Å². The Morgan fingerprint density at radius 2 is 0.828 bits per heavy atom. The van der Waals surface area contributed by atoms with Gasteiger partial charge in [-0.15, -0.1) is 82.9 Å². The summed E-state index contributed by atoms with van der Waals surface area (Å²) in [6.07, 6.45) is 5.51. The van der Waals surface area contributed by atoms with Crippen LogP contribution in [0.5, 0.6) is 0 Å². The van der Waals surface area contributed by atoms with Crippen molar-refractivity contribution in [1.82, 2.24) is 15.0 Å². The number of fused-ring (bicyclic) bond motifs is 6. The van der Waals surface area contributed by atoms with Crippen molar-refractivity contribution in [3.05, 3.63) is 242 Å². The van der Waals surface area contributed by atoms with Gasteiger partial charge in [0.25, 0.3) is 0 Å². The smallest absolute Gasteiger partial charge is 0.305 e. The molecule has 5 heterocycles. The van der Waals surface area contributed by atoms with E-state index in [2.05, 4.69) is 195 Å². The number of benzene rings is 8. The molecular formula is C78H76IrN3S2Si3. The number of hydrogen-bond donors (Lipinski definition) is 0. The number of pyridine rings is 3. The summed E-state index contributed by atoms with van der Waals surface area (Å²) < 4.78 is 61.5. The Bertz CT molecular complexity index is 4690. The van der Waals surface area contributed by atoms with E-state index in [4.69, 9.17) is 9.60 Å². The van der Waals surface area contributed by atoms with E-state index in [9.17, 15) is 0 Å². The third-order valence-electron chi connectivity index (χ3n) is 15.7. The summed E-state index contributed by atoms with van der Waals surface area (Å²) in [4.78, 5) is 13.8. The summed E-state index contributed by atoms with van der Waals surface area (Å²) in [5, 5.41) is 9.24. The molecule has 0 atom stereocenters. The monoisotopic (exact) mass is 1400 g/mol. The Morgan fingerprint density at radius 1 is 0.402 bits per heavy atom. The molecule has 0 saturated heterocycles. The topological polar surface area (TPSA) is 38.7 Å². The molecule has 0 amide bonds. The average Bonchev–Trinajstić information content (AvgIpc) is 1.53. The van der Waals surface area contributed by atoms with Gasteiger partial charge in [0.1, 0.15) is 0 Å². The fourth-order valence-corrected chi connectivity index (χ4v) is 16.3. The zero-order chi connectivity index (χ0) is 66.7. The van der Waals surface area contributed by atoms with Crippen molar-refractivity contribution in [2.24, 2.45) is 0 Å². The molecule has 0 aliphatic heterocycles. The quantitative estimate of drug-likeness (QED) is 0.0957. The van der Waals surface area contributed by atoms with Crippen LogP contribution in [0.1, 0.15) is 60.2 Å². The fraction of sp³-hybridized carbons (Fsp3) is 0.192. The molecule has 13 rings (SSSR count). The van der Waals surface area contributed by atoms with Crippen LogP contribution in [-0.4, -0.2) is 39.2 Å². The molecule has 436 valence electrons. The summed E-state index contributed by atoms with van der Waals surface area (Å²) >= 11 is 3.60. The van der Waals surface area contributed by atoms with Gasteiger partial charge in [-0.3, -0.25) is 0 Å². The first-order valence-corrected chi connectivity index (χ1v) is 41.4. The number of thiophene rings is 2. The molecule has 5 aromatic heterocycles. The Kier molecular flexibility index (Phi) is 16.4. The molecule has 3 nitrogen and oxygen atoms in total. The second-order valence-electron chi connectivity index (χ2n) is 25.5. The largest absolute Gasteiger partial charge is 3.00 e. The van der Waals surface area contributed by atoms with Crippen LogP contribution in [0.3, 0.4) is 0 Å². The second kappa shape index (κ2) is 26.3. The summed E-state index contributed by atoms with van der Waals surface area (Å²) in [6, 6.07) is 65.8. The Morgan fingerprint density at radius 3 is 1.25 bits per heavy atom. The average molecular weight is 1400 g/mol. The van der Waals surface area contributed by atoms with Gasteiger partial charge in [-0.2, -0.15) is 22.7 Å². The van der Waals surface area contributed by atoms with Crippen LogP contribution in [0.25, 0.3) is 107 Å². The number of rotatable bonds is 11. The molecule has 0 unspecified atom stereocenters. The molecule has 8 aromatic carbocycles. The van der Waals surface area contributed by atoms with Crippen LogP contribution in [0.4, 0.5) is 0 Å². The van der Waals surface area contributed by atoms with E-state index in [1.165, 1.54) is 78.2 Å². The van der Waals surface area contributed by atoms with E-state index >= 15 is 0 Å². The maximum absolute atomic E-state index is 8.40. The van der Waals surface area contributed by atoms with Gasteiger partial charge in [0.2, 0.25) is 0 Å². The minimum atomic E-state index is -1.44. The van der Waals surface area contributed by atoms with Crippen molar-refractivity contribution >= 4 is 103 Å². The van der Waals surface area contributed by atoms with Gasteiger partial charge in [-0.05, 0) is 106 Å². The molecule has 0 bridgehead atoms. The zero-order valence-electron chi connectivity index (χ0n) is 58.8. The first-order chi connectivity index (χ1) is 43.8. The minimum Gasteiger partial charge on any atom is -0.305 e. The normalized spacial score (nSPS) is 13.2. The van der Waals surface area contributed by atoms with E-state index in [-0.39, 0.29) is 55.9 Å². The van der Waals surface area contributed by atoms with Crippen molar-refractivity contribution in [3.63, 3.8) is 0 Å². The summed E-state index contributed by atoms with van der Waals surface area (Å²) in [7, 11) is -4.03. The van der Waals surface area contributed by atoms with E-state index in [0.717, 1.165) is 44.9 Å². The molecule has 0 saturated carbocycles. The van der Waals surface area contributed by atoms with Crippen LogP contribution < -0.4 is 15.6 Å². The van der Waals surface area contributed by atoms with Gasteiger partial charge in [-0.25, -0.2) is 0 Å². The van der Waals surface area contributed by atoms with Crippen molar-refractivity contribution < 1.29 is 29.7 Å². The maximum atomic E-state index is 8.40. The summed E-state index contributed by atoms with van der Waals surface area (Å²) in [6.45, 7) is 28.7. The minimum absolute atomic E-state index is 0. The van der Waals surface area contributed by atoms with Crippen molar-refractivity contribution in [2.75, 3.05) is 0 Å². The zero-order valence-corrected chi connectivity index (χ0v) is 58.8. The van der Waals surface area contributed by atoms with Gasteiger partial charge < -0.3 is 15.0 Å². The number of hydrogen-bond acceptors (Lipinski definition) is 5. The number of nitrogens with zero attached hydrogens (tertiary/aromatic N) is 3. The molecule has 0 aliphatic rings. The molecule has 9 heteroatoms. The van der Waals surface area contributed by atoms with Crippen molar-refractivity contribution in [2.45, 2.75) is 98.4 Å². The van der Waals surface area contributed by atoms with Gasteiger partial charge >= 0.3 is 20.1 Å². The Balaban J connectivity index is 0.000000154. The maximum Gasteiger partial charge on any atom is 3.00 e. The van der Waals surface area contributed by atoms with Gasteiger partial charge in [0.15, 0.2) is 0 Å². The SMILES string of the molecule is [2H]C(C)(C)c1ccnc(-c2[c-]ccc3c2sc2cc(-c4ccc([Si](C)(C)C)cc4)ccc23)c1.[2H]C(C)(C)c1ccnc(-c2[c-]ccc3c2sc2cc(-c4ccc([Si](C)(C)C)cc4)ccc23)c1.[2H]c1c([2H])c([2H])c(-c2cc[c-]c(-c3ccc([Si](C)(C)C)cn3)c2)c([2H])c1[2H].[Ir+3]. The number of aromatic nitrogens is 3. The summed E-state index contributed by atoms with van der Waals surface area (Å²) in [5.74, 6) is -1.32.